The summed E-state index contributed by atoms with van der Waals surface area (Å²) in [5.74, 6) is 3.12. The van der Waals surface area contributed by atoms with Crippen molar-refractivity contribution in [3.05, 3.63) is 0 Å². The number of hydrogen-bond donors (Lipinski definition) is 1. The van der Waals surface area contributed by atoms with Crippen LogP contribution in [0.1, 0.15) is 26.2 Å². The van der Waals surface area contributed by atoms with Crippen molar-refractivity contribution in [1.29, 1.82) is 0 Å². The number of unbranched alkanes of at least 4 members (excludes halogenated alkanes) is 2. The summed E-state index contributed by atoms with van der Waals surface area (Å²) in [4.78, 5) is 0. The summed E-state index contributed by atoms with van der Waals surface area (Å²) in [7, 11) is 0. The first-order valence-electron chi connectivity index (χ1n) is 3.62. The Hall–Kier alpha value is 0.310. The Labute approximate surface area is 73.3 Å². The second kappa shape index (κ2) is 9.31. The Morgan fingerprint density at radius 2 is 2.30 bits per heavy atom. The first-order chi connectivity index (χ1) is 4.91. The van der Waals surface area contributed by atoms with Crippen LogP contribution in [-0.4, -0.2) is 32.6 Å². The summed E-state index contributed by atoms with van der Waals surface area (Å²) >= 11 is -0.159. The Balaban J connectivity index is 2.98. The third-order valence-electron chi connectivity index (χ3n) is 0.993. The maximum atomic E-state index is 8.43. The minimum absolute atomic E-state index is 0.159. The first kappa shape index (κ1) is 10.3. The van der Waals surface area contributed by atoms with Gasteiger partial charge in [0.2, 0.25) is 0 Å². The Bertz CT molecular complexity index is 100. The Kier molecular flexibility index (Phi) is 9.60. The van der Waals surface area contributed by atoms with Crippen LogP contribution in [0.25, 0.3) is 0 Å². The summed E-state index contributed by atoms with van der Waals surface area (Å²) in [6, 6.07) is 0. The van der Waals surface area contributed by atoms with Crippen molar-refractivity contribution in [2.24, 2.45) is 0 Å². The molecule has 0 rings (SSSR count). The van der Waals surface area contributed by atoms with Crippen LogP contribution in [0, 0.1) is 9.89 Å². The molecular weight excluding hydrogens is 240 g/mol. The van der Waals surface area contributed by atoms with Crippen LogP contribution >= 0.6 is 0 Å². The molecule has 10 heavy (non-hydrogen) atoms. The van der Waals surface area contributed by atoms with Crippen LogP contribution in [0.15, 0.2) is 0 Å². The van der Waals surface area contributed by atoms with Gasteiger partial charge in [-0.1, -0.05) is 0 Å². The van der Waals surface area contributed by atoms with Gasteiger partial charge >= 0.3 is 73.2 Å². The molecule has 0 aromatic rings. The van der Waals surface area contributed by atoms with Gasteiger partial charge in [-0.25, -0.2) is 0 Å². The van der Waals surface area contributed by atoms with E-state index < -0.39 is 0 Å². The molecule has 0 aromatic carbocycles. The van der Waals surface area contributed by atoms with Crippen molar-refractivity contribution in [3.63, 3.8) is 0 Å². The summed E-state index contributed by atoms with van der Waals surface area (Å²) in [6.07, 6.45) is 3.50. The molecule has 2 heteroatoms. The standard InChI is InChI=1S/C8H14OTe/c1-2-3-4-5-7-10-8-6-9/h9H,2-4,6,8H2,1H3. The zero-order chi connectivity index (χ0) is 7.66. The van der Waals surface area contributed by atoms with E-state index in [0.717, 1.165) is 10.9 Å². The van der Waals surface area contributed by atoms with Gasteiger partial charge in [-0.15, -0.1) is 0 Å². The van der Waals surface area contributed by atoms with Gasteiger partial charge in [0.15, 0.2) is 0 Å². The molecule has 1 N–H and O–H groups in total. The zero-order valence-electron chi connectivity index (χ0n) is 6.39. The molecule has 0 atom stereocenters. The quantitative estimate of drug-likeness (QED) is 0.454. The van der Waals surface area contributed by atoms with Crippen molar-refractivity contribution < 1.29 is 5.11 Å². The van der Waals surface area contributed by atoms with Gasteiger partial charge in [-0.05, 0) is 0 Å². The average molecular weight is 254 g/mol. The van der Waals surface area contributed by atoms with Crippen molar-refractivity contribution in [2.75, 3.05) is 6.61 Å². The fraction of sp³-hybridized carbons (Fsp3) is 0.750. The van der Waals surface area contributed by atoms with Gasteiger partial charge in [-0.2, -0.15) is 0 Å². The van der Waals surface area contributed by atoms with Gasteiger partial charge < -0.3 is 0 Å². The van der Waals surface area contributed by atoms with Gasteiger partial charge in [0.1, 0.15) is 0 Å². The average Bonchev–Trinajstić information content (AvgIpc) is 1.97. The molecule has 0 amide bonds. The molecule has 0 aliphatic carbocycles. The van der Waals surface area contributed by atoms with E-state index >= 15 is 0 Å². The summed E-state index contributed by atoms with van der Waals surface area (Å²) < 4.78 is 4.09. The number of aliphatic hydroxyl groups excluding tert-OH is 1. The molecule has 0 saturated heterocycles. The molecule has 0 bridgehead atoms. The summed E-state index contributed by atoms with van der Waals surface area (Å²) in [5, 5.41) is 8.43. The molecule has 0 spiro atoms. The van der Waals surface area contributed by atoms with E-state index in [0.29, 0.717) is 6.61 Å². The van der Waals surface area contributed by atoms with Crippen LogP contribution in [0.4, 0.5) is 0 Å². The number of hydrogen-bond acceptors (Lipinski definition) is 1. The maximum absolute atomic E-state index is 8.43. The van der Waals surface area contributed by atoms with E-state index in [1.807, 2.05) is 0 Å². The van der Waals surface area contributed by atoms with E-state index in [1.165, 1.54) is 12.8 Å². The van der Waals surface area contributed by atoms with Crippen molar-refractivity contribution >= 4 is 20.9 Å². The molecule has 0 saturated carbocycles. The molecule has 58 valence electrons. The zero-order valence-corrected chi connectivity index (χ0v) is 8.72. The van der Waals surface area contributed by atoms with E-state index in [-0.39, 0.29) is 20.9 Å². The van der Waals surface area contributed by atoms with Gasteiger partial charge in [0.05, 0.1) is 0 Å². The van der Waals surface area contributed by atoms with Gasteiger partial charge in [0, 0.05) is 0 Å². The molecule has 0 aliphatic heterocycles. The molecule has 0 radical (unpaired) electrons. The molecule has 1 nitrogen and oxygen atoms in total. The van der Waals surface area contributed by atoms with E-state index in [4.69, 9.17) is 5.11 Å². The van der Waals surface area contributed by atoms with E-state index in [9.17, 15) is 0 Å². The van der Waals surface area contributed by atoms with Crippen molar-refractivity contribution in [3.8, 4) is 9.89 Å². The Morgan fingerprint density at radius 1 is 1.50 bits per heavy atom. The minimum atomic E-state index is -0.159. The van der Waals surface area contributed by atoms with Crippen LogP contribution in [0.2, 0.25) is 4.47 Å². The molecule has 0 aromatic heterocycles. The van der Waals surface area contributed by atoms with E-state index in [1.54, 1.807) is 0 Å². The first-order valence-corrected chi connectivity index (χ1v) is 6.43. The SMILES string of the molecule is CCCCC#C[Te]CCO. The fourth-order valence-corrected chi connectivity index (χ4v) is 1.60. The fourth-order valence-electron chi connectivity index (χ4n) is 0.464. The second-order valence-electron chi connectivity index (χ2n) is 1.95. The number of aliphatic hydroxyl groups is 1. The van der Waals surface area contributed by atoms with Crippen LogP contribution < -0.4 is 0 Å². The third-order valence-corrected chi connectivity index (χ3v) is 2.92. The van der Waals surface area contributed by atoms with Crippen LogP contribution in [0.3, 0.4) is 0 Å². The third kappa shape index (κ3) is 8.31. The molecule has 0 heterocycles. The molecule has 0 aliphatic rings. The molecule has 0 unspecified atom stereocenters. The predicted octanol–water partition coefficient (Wildman–Crippen LogP) is 1.25. The monoisotopic (exact) mass is 256 g/mol. The Morgan fingerprint density at radius 3 is 2.90 bits per heavy atom. The normalized spacial score (nSPS) is 8.60. The molecule has 0 fully saturated rings. The molecular formula is C8H14OTe. The predicted molar refractivity (Wildman–Crippen MR) is 44.9 cm³/mol. The van der Waals surface area contributed by atoms with Crippen LogP contribution in [-0.2, 0) is 0 Å². The summed E-state index contributed by atoms with van der Waals surface area (Å²) in [5.41, 5.74) is 0. The summed E-state index contributed by atoms with van der Waals surface area (Å²) in [6.45, 7) is 2.50. The van der Waals surface area contributed by atoms with Crippen molar-refractivity contribution in [1.82, 2.24) is 0 Å². The number of rotatable bonds is 4. The van der Waals surface area contributed by atoms with Crippen LogP contribution in [0.5, 0.6) is 0 Å². The van der Waals surface area contributed by atoms with Gasteiger partial charge in [-0.3, -0.25) is 0 Å². The second-order valence-corrected chi connectivity index (χ2v) is 4.53. The van der Waals surface area contributed by atoms with E-state index in [2.05, 4.69) is 16.8 Å². The topological polar surface area (TPSA) is 20.2 Å². The van der Waals surface area contributed by atoms with Gasteiger partial charge in [0.25, 0.3) is 0 Å². The van der Waals surface area contributed by atoms with Crippen molar-refractivity contribution in [2.45, 2.75) is 30.7 Å².